The number of para-hydroxylation sites is 1. The fourth-order valence-corrected chi connectivity index (χ4v) is 5.92. The number of rotatable bonds is 12. The van der Waals surface area contributed by atoms with E-state index >= 15 is 0 Å². The van der Waals surface area contributed by atoms with Crippen LogP contribution in [-0.4, -0.2) is 50.9 Å². The molecular weight excluding hydrogens is 550 g/mol. The first-order chi connectivity index (χ1) is 19.0. The molecule has 1 atom stereocenters. The van der Waals surface area contributed by atoms with Gasteiger partial charge in [0.15, 0.2) is 0 Å². The van der Waals surface area contributed by atoms with E-state index in [4.69, 9.17) is 16.3 Å². The summed E-state index contributed by atoms with van der Waals surface area (Å²) >= 11 is 6.01. The van der Waals surface area contributed by atoms with Gasteiger partial charge in [-0.3, -0.25) is 13.9 Å². The zero-order valence-corrected chi connectivity index (χ0v) is 25.0. The minimum atomic E-state index is -4.17. The highest BCUT2D eigenvalue weighted by Crippen LogP contribution is 2.28. The molecule has 0 aliphatic rings. The Balaban J connectivity index is 2.07. The highest BCUT2D eigenvalue weighted by atomic mass is 35.5. The SMILES string of the molecule is CC[C@H](C(=O)NC(C)C)N(Cc1ccc(OC)cc1)C(=O)CN(c1ccccc1C)S(=O)(=O)c1ccc(Cl)cc1. The second-order valence-electron chi connectivity index (χ2n) is 9.71. The van der Waals surface area contributed by atoms with E-state index in [2.05, 4.69) is 5.32 Å². The molecule has 0 heterocycles. The van der Waals surface area contributed by atoms with Crippen LogP contribution in [0.25, 0.3) is 0 Å². The Morgan fingerprint density at radius 1 is 0.975 bits per heavy atom. The quantitative estimate of drug-likeness (QED) is 0.316. The topological polar surface area (TPSA) is 96.0 Å². The number of methoxy groups -OCH3 is 1. The molecule has 0 aliphatic carbocycles. The maximum Gasteiger partial charge on any atom is 0.264 e. The molecule has 3 aromatic carbocycles. The number of ether oxygens (including phenoxy) is 1. The van der Waals surface area contributed by atoms with Gasteiger partial charge in [0, 0.05) is 17.6 Å². The van der Waals surface area contributed by atoms with E-state index in [1.54, 1.807) is 50.4 Å². The van der Waals surface area contributed by atoms with Crippen LogP contribution in [0.15, 0.2) is 77.7 Å². The molecule has 1 N–H and O–H groups in total. The lowest BCUT2D eigenvalue weighted by molar-refractivity contribution is -0.140. The first kappa shape index (κ1) is 31.0. The minimum absolute atomic E-state index is 0.000695. The monoisotopic (exact) mass is 585 g/mol. The van der Waals surface area contributed by atoms with Crippen LogP contribution < -0.4 is 14.4 Å². The fourth-order valence-electron chi connectivity index (χ4n) is 4.32. The zero-order chi connectivity index (χ0) is 29.4. The molecule has 8 nitrogen and oxygen atoms in total. The maximum atomic E-state index is 14.1. The Morgan fingerprint density at radius 2 is 1.60 bits per heavy atom. The molecule has 0 aliphatic heterocycles. The van der Waals surface area contributed by atoms with E-state index in [1.165, 1.54) is 29.2 Å². The van der Waals surface area contributed by atoms with Gasteiger partial charge in [0.2, 0.25) is 11.8 Å². The number of nitrogens with zero attached hydrogens (tertiary/aromatic N) is 2. The number of aryl methyl sites for hydroxylation is 1. The van der Waals surface area contributed by atoms with E-state index < -0.39 is 28.5 Å². The summed E-state index contributed by atoms with van der Waals surface area (Å²) in [6, 6.07) is 19.0. The third-order valence-electron chi connectivity index (χ3n) is 6.39. The van der Waals surface area contributed by atoms with Crippen LogP contribution in [0.3, 0.4) is 0 Å². The summed E-state index contributed by atoms with van der Waals surface area (Å²) in [4.78, 5) is 28.7. The first-order valence-corrected chi connectivity index (χ1v) is 14.9. The van der Waals surface area contributed by atoms with Crippen LogP contribution in [0.4, 0.5) is 5.69 Å². The molecule has 0 fully saturated rings. The van der Waals surface area contributed by atoms with E-state index in [0.29, 0.717) is 28.4 Å². The lowest BCUT2D eigenvalue weighted by Crippen LogP contribution is -2.53. The van der Waals surface area contributed by atoms with Crippen LogP contribution in [0.5, 0.6) is 5.75 Å². The number of benzene rings is 3. The van der Waals surface area contributed by atoms with Crippen LogP contribution >= 0.6 is 11.6 Å². The summed E-state index contributed by atoms with van der Waals surface area (Å²) in [5.74, 6) is -0.157. The van der Waals surface area contributed by atoms with Crippen molar-refractivity contribution < 1.29 is 22.7 Å². The van der Waals surface area contributed by atoms with Gasteiger partial charge in [-0.25, -0.2) is 8.42 Å². The highest BCUT2D eigenvalue weighted by molar-refractivity contribution is 7.92. The number of nitrogens with one attached hydrogen (secondary N) is 1. The third kappa shape index (κ3) is 7.55. The molecule has 0 radical (unpaired) electrons. The molecule has 214 valence electrons. The molecule has 40 heavy (non-hydrogen) atoms. The largest absolute Gasteiger partial charge is 0.497 e. The van der Waals surface area contributed by atoms with Gasteiger partial charge >= 0.3 is 0 Å². The molecule has 0 unspecified atom stereocenters. The number of halogens is 1. The van der Waals surface area contributed by atoms with Crippen molar-refractivity contribution in [2.75, 3.05) is 18.0 Å². The van der Waals surface area contributed by atoms with Gasteiger partial charge in [-0.05, 0) is 80.8 Å². The van der Waals surface area contributed by atoms with Crippen LogP contribution in [0.1, 0.15) is 38.3 Å². The summed E-state index contributed by atoms with van der Waals surface area (Å²) in [7, 11) is -2.60. The molecule has 10 heteroatoms. The molecule has 0 saturated heterocycles. The standard InChI is InChI=1S/C30H36ClN3O5S/c1-6-27(30(36)32-21(2)3)33(19-23-11-15-25(39-5)16-12-23)29(35)20-34(28-10-8-7-9-22(28)4)40(37,38)26-17-13-24(31)14-18-26/h7-18,21,27H,6,19-20H2,1-5H3,(H,32,36)/t27-/m1/s1. The van der Waals surface area contributed by atoms with Crippen LogP contribution in [0, 0.1) is 6.92 Å². The lowest BCUT2D eigenvalue weighted by Gasteiger charge is -2.34. The number of carbonyl (C=O) groups excluding carboxylic acids is 2. The van der Waals surface area contributed by atoms with Crippen molar-refractivity contribution in [2.45, 2.75) is 57.6 Å². The first-order valence-electron chi connectivity index (χ1n) is 13.0. The Morgan fingerprint density at radius 3 is 2.15 bits per heavy atom. The summed E-state index contributed by atoms with van der Waals surface area (Å²) in [6.07, 6.45) is 0.342. The van der Waals surface area contributed by atoms with Crippen molar-refractivity contribution in [1.29, 1.82) is 0 Å². The number of sulfonamides is 1. The Hall–Kier alpha value is -3.56. The van der Waals surface area contributed by atoms with Gasteiger partial charge in [0.05, 0.1) is 17.7 Å². The number of amides is 2. The molecule has 3 rings (SSSR count). The number of hydrogen-bond donors (Lipinski definition) is 1. The second-order valence-corrected chi connectivity index (χ2v) is 12.0. The number of carbonyl (C=O) groups is 2. The van der Waals surface area contributed by atoms with Crippen molar-refractivity contribution in [3.63, 3.8) is 0 Å². The van der Waals surface area contributed by atoms with E-state index in [1.807, 2.05) is 32.9 Å². The summed E-state index contributed by atoms with van der Waals surface area (Å²) in [5.41, 5.74) is 1.82. The molecule has 2 amide bonds. The second kappa shape index (κ2) is 13.7. The molecule has 3 aromatic rings. The molecular formula is C30H36ClN3O5S. The van der Waals surface area contributed by atoms with Gasteiger partial charge in [-0.15, -0.1) is 0 Å². The van der Waals surface area contributed by atoms with Gasteiger partial charge in [-0.1, -0.05) is 48.9 Å². The van der Waals surface area contributed by atoms with Crippen molar-refractivity contribution >= 4 is 39.1 Å². The number of hydrogen-bond acceptors (Lipinski definition) is 5. The summed E-state index contributed by atoms with van der Waals surface area (Å²) < 4.78 is 34.2. The van der Waals surface area contributed by atoms with Crippen molar-refractivity contribution in [1.82, 2.24) is 10.2 Å². The van der Waals surface area contributed by atoms with E-state index in [9.17, 15) is 18.0 Å². The molecule has 0 spiro atoms. The van der Waals surface area contributed by atoms with Gasteiger partial charge < -0.3 is 15.0 Å². The lowest BCUT2D eigenvalue weighted by atomic mass is 10.1. The Bertz CT molecular complexity index is 1410. The zero-order valence-electron chi connectivity index (χ0n) is 23.4. The number of anilines is 1. The molecule has 0 aromatic heterocycles. The normalized spacial score (nSPS) is 12.1. The van der Waals surface area contributed by atoms with Crippen LogP contribution in [0.2, 0.25) is 5.02 Å². The summed E-state index contributed by atoms with van der Waals surface area (Å²) in [6.45, 7) is 6.90. The third-order valence-corrected chi connectivity index (χ3v) is 8.42. The van der Waals surface area contributed by atoms with E-state index in [-0.39, 0.29) is 23.4 Å². The van der Waals surface area contributed by atoms with Gasteiger partial charge in [-0.2, -0.15) is 0 Å². The van der Waals surface area contributed by atoms with Crippen molar-refractivity contribution in [3.05, 3.63) is 88.9 Å². The van der Waals surface area contributed by atoms with Crippen molar-refractivity contribution in [2.24, 2.45) is 0 Å². The minimum Gasteiger partial charge on any atom is -0.497 e. The smallest absolute Gasteiger partial charge is 0.264 e. The summed E-state index contributed by atoms with van der Waals surface area (Å²) in [5, 5.41) is 3.29. The van der Waals surface area contributed by atoms with Crippen LogP contribution in [-0.2, 0) is 26.2 Å². The fraction of sp³-hybridized carbons (Fsp3) is 0.333. The van der Waals surface area contributed by atoms with E-state index in [0.717, 1.165) is 9.87 Å². The van der Waals surface area contributed by atoms with Gasteiger partial charge in [0.1, 0.15) is 18.3 Å². The predicted octanol–water partition coefficient (Wildman–Crippen LogP) is 5.18. The highest BCUT2D eigenvalue weighted by Gasteiger charge is 2.34. The van der Waals surface area contributed by atoms with Crippen molar-refractivity contribution in [3.8, 4) is 5.75 Å². The Kier molecular flexibility index (Phi) is 10.6. The maximum absolute atomic E-state index is 14.1. The predicted molar refractivity (Wildman–Crippen MR) is 158 cm³/mol. The average Bonchev–Trinajstić information content (AvgIpc) is 2.92. The Labute approximate surface area is 241 Å². The average molecular weight is 586 g/mol. The molecule has 0 saturated carbocycles. The van der Waals surface area contributed by atoms with Gasteiger partial charge in [0.25, 0.3) is 10.0 Å². The molecule has 0 bridgehead atoms.